The van der Waals surface area contributed by atoms with Gasteiger partial charge in [-0.15, -0.1) is 0 Å². The van der Waals surface area contributed by atoms with Gasteiger partial charge in [0.25, 0.3) is 0 Å². The number of ether oxygens (including phenoxy) is 4. The summed E-state index contributed by atoms with van der Waals surface area (Å²) in [5, 5.41) is 1.55. The van der Waals surface area contributed by atoms with Crippen LogP contribution in [0.15, 0.2) is 152 Å². The van der Waals surface area contributed by atoms with Gasteiger partial charge < -0.3 is 23.5 Å². The molecule has 0 aromatic heterocycles. The third-order valence-electron chi connectivity index (χ3n) is 8.26. The molecule has 0 aliphatic carbocycles. The first kappa shape index (κ1) is 31.2. The predicted octanol–water partition coefficient (Wildman–Crippen LogP) is 7.16. The molecule has 0 radical (unpaired) electrons. The molecule has 0 unspecified atom stereocenters. The molecule has 0 saturated carbocycles. The van der Waals surface area contributed by atoms with Gasteiger partial charge in [0.1, 0.15) is 12.2 Å². The predicted molar refractivity (Wildman–Crippen MR) is 179 cm³/mol. The minimum absolute atomic E-state index is 0.241. The molecule has 1 heterocycles. The maximum absolute atomic E-state index is 15.7. The summed E-state index contributed by atoms with van der Waals surface area (Å²) in [4.78, 5) is 0. The van der Waals surface area contributed by atoms with Crippen LogP contribution in [0, 0.1) is 0 Å². The fourth-order valence-corrected chi connectivity index (χ4v) is 9.20. The lowest BCUT2D eigenvalue weighted by molar-refractivity contribution is -0.195. The highest BCUT2D eigenvalue weighted by atomic mass is 31.2. The molecule has 45 heavy (non-hydrogen) atoms. The molecule has 5 aromatic rings. The average Bonchev–Trinajstić information content (AvgIpc) is 3.12. The van der Waals surface area contributed by atoms with E-state index in [4.69, 9.17) is 18.9 Å². The van der Waals surface area contributed by atoms with Gasteiger partial charge in [0, 0.05) is 10.6 Å². The maximum Gasteiger partial charge on any atom is 0.151 e. The average molecular weight is 619 g/mol. The molecular weight excluding hydrogens is 579 g/mol. The number of benzene rings is 5. The van der Waals surface area contributed by atoms with E-state index in [9.17, 15) is 0 Å². The van der Waals surface area contributed by atoms with Gasteiger partial charge in [-0.25, -0.2) is 0 Å². The molecule has 0 spiro atoms. The van der Waals surface area contributed by atoms with Crippen LogP contribution in [0.25, 0.3) is 0 Å². The van der Waals surface area contributed by atoms with E-state index in [1.165, 1.54) is 0 Å². The molecule has 4 atom stereocenters. The summed E-state index contributed by atoms with van der Waals surface area (Å²) in [6.45, 7) is 1.73. The molecule has 0 amide bonds. The van der Waals surface area contributed by atoms with Crippen molar-refractivity contribution in [3.05, 3.63) is 168 Å². The fourth-order valence-electron chi connectivity index (χ4n) is 5.94. The van der Waals surface area contributed by atoms with Gasteiger partial charge in [-0.05, 0) is 16.7 Å². The topological polar surface area (TPSA) is 54.0 Å². The molecule has 0 N–H and O–H groups in total. The van der Waals surface area contributed by atoms with Crippen molar-refractivity contribution in [2.75, 3.05) is 13.2 Å². The van der Waals surface area contributed by atoms with Crippen LogP contribution in [0.3, 0.4) is 0 Å². The Labute approximate surface area is 266 Å². The molecule has 1 saturated heterocycles. The van der Waals surface area contributed by atoms with Crippen LogP contribution in [-0.4, -0.2) is 37.2 Å². The Morgan fingerprint density at radius 2 is 0.933 bits per heavy atom. The molecular formula is C39H39O5P. The van der Waals surface area contributed by atoms with Crippen molar-refractivity contribution in [1.29, 1.82) is 0 Å². The van der Waals surface area contributed by atoms with Crippen LogP contribution in [-0.2, 0) is 43.3 Å². The van der Waals surface area contributed by atoms with E-state index in [0.717, 1.165) is 27.3 Å². The molecule has 5 aromatic carbocycles. The summed E-state index contributed by atoms with van der Waals surface area (Å²) >= 11 is 0. The fraction of sp³-hybridized carbons (Fsp3) is 0.231. The van der Waals surface area contributed by atoms with Gasteiger partial charge in [-0.3, -0.25) is 0 Å². The molecule has 1 fully saturated rings. The van der Waals surface area contributed by atoms with E-state index in [2.05, 4.69) is 0 Å². The van der Waals surface area contributed by atoms with Crippen LogP contribution in [0.2, 0.25) is 0 Å². The molecule has 1 aliphatic rings. The lowest BCUT2D eigenvalue weighted by atomic mass is 10.0. The first-order valence-corrected chi connectivity index (χ1v) is 17.2. The van der Waals surface area contributed by atoms with Crippen LogP contribution < -0.4 is 10.6 Å². The Morgan fingerprint density at radius 3 is 1.40 bits per heavy atom. The van der Waals surface area contributed by atoms with Gasteiger partial charge in [-0.2, -0.15) is 0 Å². The Kier molecular flexibility index (Phi) is 10.7. The van der Waals surface area contributed by atoms with Crippen LogP contribution in [0.1, 0.15) is 16.7 Å². The first-order chi connectivity index (χ1) is 22.2. The third kappa shape index (κ3) is 7.70. The van der Waals surface area contributed by atoms with E-state index < -0.39 is 31.1 Å². The van der Waals surface area contributed by atoms with Crippen molar-refractivity contribution in [3.63, 3.8) is 0 Å². The molecule has 5 nitrogen and oxygen atoms in total. The van der Waals surface area contributed by atoms with Gasteiger partial charge in [0.15, 0.2) is 7.14 Å². The van der Waals surface area contributed by atoms with Crippen LogP contribution in [0.5, 0.6) is 0 Å². The van der Waals surface area contributed by atoms with Crippen molar-refractivity contribution >= 4 is 17.8 Å². The Balaban J connectivity index is 1.36. The second kappa shape index (κ2) is 15.4. The molecule has 230 valence electrons. The highest BCUT2D eigenvalue weighted by Gasteiger charge is 2.51. The highest BCUT2D eigenvalue weighted by molar-refractivity contribution is 7.79. The molecule has 6 heteroatoms. The van der Waals surface area contributed by atoms with Crippen molar-refractivity contribution in [3.8, 4) is 0 Å². The highest BCUT2D eigenvalue weighted by Crippen LogP contribution is 2.53. The normalized spacial score (nSPS) is 20.1. The van der Waals surface area contributed by atoms with Gasteiger partial charge >= 0.3 is 0 Å². The monoisotopic (exact) mass is 618 g/mol. The van der Waals surface area contributed by atoms with Crippen LogP contribution >= 0.6 is 7.14 Å². The number of hydrogen-bond donors (Lipinski definition) is 0. The summed E-state index contributed by atoms with van der Waals surface area (Å²) in [5.74, 6) is 0. The quantitative estimate of drug-likeness (QED) is 0.131. The maximum atomic E-state index is 15.7. The minimum atomic E-state index is -3.28. The zero-order chi connectivity index (χ0) is 30.7. The third-order valence-corrected chi connectivity index (χ3v) is 11.8. The van der Waals surface area contributed by atoms with Gasteiger partial charge in [0.2, 0.25) is 0 Å². The first-order valence-electron chi connectivity index (χ1n) is 15.5. The lowest BCUT2D eigenvalue weighted by Crippen LogP contribution is -2.57. The second-order valence-corrected chi connectivity index (χ2v) is 14.3. The zero-order valence-electron chi connectivity index (χ0n) is 25.3. The van der Waals surface area contributed by atoms with Crippen molar-refractivity contribution in [2.24, 2.45) is 0 Å². The zero-order valence-corrected chi connectivity index (χ0v) is 26.2. The second-order valence-electron chi connectivity index (χ2n) is 11.3. The molecule has 6 rings (SSSR count). The Bertz CT molecular complexity index is 1570. The van der Waals surface area contributed by atoms with Crippen molar-refractivity contribution < 1.29 is 23.5 Å². The van der Waals surface area contributed by atoms with Crippen LogP contribution in [0.4, 0.5) is 0 Å². The molecule has 1 aliphatic heterocycles. The number of hydrogen-bond acceptors (Lipinski definition) is 5. The van der Waals surface area contributed by atoms with E-state index in [1.54, 1.807) is 0 Å². The largest absolute Gasteiger partial charge is 0.374 e. The van der Waals surface area contributed by atoms with Gasteiger partial charge in [-0.1, -0.05) is 152 Å². The number of rotatable bonds is 13. The summed E-state index contributed by atoms with van der Waals surface area (Å²) in [7, 11) is -3.28. The van der Waals surface area contributed by atoms with Crippen molar-refractivity contribution in [1.82, 2.24) is 0 Å². The summed E-state index contributed by atoms with van der Waals surface area (Å²) < 4.78 is 42.0. The van der Waals surface area contributed by atoms with E-state index in [1.807, 2.05) is 152 Å². The standard InChI is InChI=1S/C39H39O5P/c40-45(34-22-12-4-13-23-34,35-24-14-5-15-25-35)37-30-42-36(29-41-26-31-16-6-1-7-17-31)38(43-27-32-18-8-2-9-19-32)39(37)44-28-33-20-10-3-11-21-33/h1-25,36-39H,26-30H2/t36-,37+,38-,39-/m1/s1. The Morgan fingerprint density at radius 1 is 0.533 bits per heavy atom. The molecule has 0 bridgehead atoms. The minimum Gasteiger partial charge on any atom is -0.374 e. The Hall–Kier alpha value is -3.83. The van der Waals surface area contributed by atoms with Crippen molar-refractivity contribution in [2.45, 2.75) is 43.8 Å². The van der Waals surface area contributed by atoms with E-state index >= 15 is 4.57 Å². The summed E-state index contributed by atoms with van der Waals surface area (Å²) in [5.41, 5.74) is 2.68. The summed E-state index contributed by atoms with van der Waals surface area (Å²) in [6.07, 6.45) is -1.50. The van der Waals surface area contributed by atoms with E-state index in [0.29, 0.717) is 26.4 Å². The lowest BCUT2D eigenvalue weighted by Gasteiger charge is -2.45. The van der Waals surface area contributed by atoms with E-state index in [-0.39, 0.29) is 6.61 Å². The SMILES string of the molecule is O=P(c1ccccc1)(c1ccccc1)[C@H]1CO[C@H](COCc2ccccc2)[C@@H](OCc2ccccc2)[C@@H]1OCc1ccccc1. The summed E-state index contributed by atoms with van der Waals surface area (Å²) in [6, 6.07) is 49.7. The van der Waals surface area contributed by atoms with Gasteiger partial charge in [0.05, 0.1) is 44.8 Å². The smallest absolute Gasteiger partial charge is 0.151 e.